The zero-order valence-electron chi connectivity index (χ0n) is 14.6. The molecule has 0 saturated carbocycles. The highest BCUT2D eigenvalue weighted by molar-refractivity contribution is 5.27. The molecule has 0 aliphatic heterocycles. The second kappa shape index (κ2) is 7.51. The zero-order valence-corrected chi connectivity index (χ0v) is 14.6. The number of H-pyrrole nitrogens is 1. The van der Waals surface area contributed by atoms with Gasteiger partial charge in [0.05, 0.1) is 24.1 Å². The van der Waals surface area contributed by atoms with Gasteiger partial charge >= 0.3 is 0 Å². The lowest BCUT2D eigenvalue weighted by molar-refractivity contribution is 0.553. The Morgan fingerprint density at radius 2 is 2.12 bits per heavy atom. The molecule has 26 heavy (non-hydrogen) atoms. The average molecular weight is 350 g/mol. The molecule has 0 bridgehead atoms. The molecule has 0 aromatic carbocycles. The average Bonchev–Trinajstić information content (AvgIpc) is 3.08. The largest absolute Gasteiger partial charge is 0.350 e. The van der Waals surface area contributed by atoms with E-state index < -0.39 is 0 Å². The first-order chi connectivity index (χ1) is 12.8. The van der Waals surface area contributed by atoms with Gasteiger partial charge < -0.3 is 5.32 Å². The van der Waals surface area contributed by atoms with Gasteiger partial charge in [-0.15, -0.1) is 0 Å². The lowest BCUT2D eigenvalue weighted by Crippen LogP contribution is -2.16. The Balaban J connectivity index is 1.43. The lowest BCUT2D eigenvalue weighted by atomic mass is 9.98. The van der Waals surface area contributed by atoms with E-state index in [-0.39, 0.29) is 5.56 Å². The van der Waals surface area contributed by atoms with E-state index in [0.717, 1.165) is 30.8 Å². The molecule has 0 fully saturated rings. The maximum atomic E-state index is 11.9. The number of aromatic nitrogens is 5. The topological polar surface area (TPSA) is 88.5 Å². The number of pyridine rings is 1. The number of aromatic amines is 1. The quantitative estimate of drug-likeness (QED) is 0.711. The van der Waals surface area contributed by atoms with Crippen LogP contribution in [0.3, 0.4) is 0 Å². The number of nitrogens with zero attached hydrogens (tertiary/aromatic N) is 4. The first-order valence-corrected chi connectivity index (χ1v) is 9.05. The van der Waals surface area contributed by atoms with Gasteiger partial charge in [-0.1, -0.05) is 6.07 Å². The van der Waals surface area contributed by atoms with Crippen LogP contribution in [0.15, 0.2) is 41.5 Å². The van der Waals surface area contributed by atoms with Crippen LogP contribution in [-0.2, 0) is 32.4 Å². The van der Waals surface area contributed by atoms with Crippen LogP contribution >= 0.6 is 0 Å². The SMILES string of the molecule is O=c1cc(CCn2ncc3c2CCCC3)nc(NCc2ccccn2)[nH]1. The Morgan fingerprint density at radius 3 is 3.00 bits per heavy atom. The molecule has 2 N–H and O–H groups in total. The van der Waals surface area contributed by atoms with Gasteiger partial charge in [0.15, 0.2) is 0 Å². The van der Waals surface area contributed by atoms with Crippen LogP contribution in [-0.4, -0.2) is 24.7 Å². The molecular weight excluding hydrogens is 328 g/mol. The summed E-state index contributed by atoms with van der Waals surface area (Å²) < 4.78 is 2.07. The van der Waals surface area contributed by atoms with Crippen molar-refractivity contribution >= 4 is 5.95 Å². The molecule has 7 nitrogen and oxygen atoms in total. The van der Waals surface area contributed by atoms with Crippen molar-refractivity contribution < 1.29 is 0 Å². The van der Waals surface area contributed by atoms with E-state index in [2.05, 4.69) is 30.0 Å². The summed E-state index contributed by atoms with van der Waals surface area (Å²) in [5, 5.41) is 7.65. The molecule has 3 heterocycles. The first kappa shape index (κ1) is 16.5. The molecule has 7 heteroatoms. The predicted molar refractivity (Wildman–Crippen MR) is 99.0 cm³/mol. The number of anilines is 1. The maximum absolute atomic E-state index is 11.9. The van der Waals surface area contributed by atoms with E-state index in [1.807, 2.05) is 24.4 Å². The first-order valence-electron chi connectivity index (χ1n) is 9.05. The van der Waals surface area contributed by atoms with Gasteiger partial charge in [0.25, 0.3) is 5.56 Å². The zero-order chi connectivity index (χ0) is 17.8. The molecule has 3 aromatic rings. The second-order valence-electron chi connectivity index (χ2n) is 6.56. The summed E-state index contributed by atoms with van der Waals surface area (Å²) in [5.41, 5.74) is 4.21. The van der Waals surface area contributed by atoms with E-state index in [9.17, 15) is 4.79 Å². The summed E-state index contributed by atoms with van der Waals surface area (Å²) >= 11 is 0. The smallest absolute Gasteiger partial charge is 0.252 e. The van der Waals surface area contributed by atoms with E-state index in [0.29, 0.717) is 18.9 Å². The van der Waals surface area contributed by atoms with Crippen molar-refractivity contribution in [3.05, 3.63) is 69.7 Å². The molecule has 0 spiro atoms. The molecule has 0 atom stereocenters. The van der Waals surface area contributed by atoms with E-state index >= 15 is 0 Å². The minimum Gasteiger partial charge on any atom is -0.350 e. The summed E-state index contributed by atoms with van der Waals surface area (Å²) in [4.78, 5) is 23.5. The van der Waals surface area contributed by atoms with Crippen LogP contribution in [0.4, 0.5) is 5.95 Å². The van der Waals surface area contributed by atoms with Crippen LogP contribution in [0.5, 0.6) is 0 Å². The second-order valence-corrected chi connectivity index (χ2v) is 6.56. The molecule has 1 aliphatic carbocycles. The lowest BCUT2D eigenvalue weighted by Gasteiger charge is -2.13. The number of rotatable bonds is 6. The minimum absolute atomic E-state index is 0.152. The predicted octanol–water partition coefficient (Wildman–Crippen LogP) is 2.10. The van der Waals surface area contributed by atoms with Crippen LogP contribution in [0.1, 0.15) is 35.5 Å². The fourth-order valence-electron chi connectivity index (χ4n) is 3.37. The Morgan fingerprint density at radius 1 is 1.19 bits per heavy atom. The molecule has 0 unspecified atom stereocenters. The van der Waals surface area contributed by atoms with Gasteiger partial charge in [0.1, 0.15) is 0 Å². The van der Waals surface area contributed by atoms with Gasteiger partial charge in [-0.05, 0) is 43.4 Å². The van der Waals surface area contributed by atoms with E-state index in [4.69, 9.17) is 0 Å². The molecule has 4 rings (SSSR count). The van der Waals surface area contributed by atoms with Gasteiger partial charge in [-0.25, -0.2) is 4.98 Å². The van der Waals surface area contributed by atoms with Crippen LogP contribution < -0.4 is 10.9 Å². The Bertz CT molecular complexity index is 931. The molecule has 134 valence electrons. The number of fused-ring (bicyclic) bond motifs is 1. The highest BCUT2D eigenvalue weighted by atomic mass is 16.1. The van der Waals surface area contributed by atoms with E-state index in [1.165, 1.54) is 24.1 Å². The molecule has 0 saturated heterocycles. The van der Waals surface area contributed by atoms with E-state index in [1.54, 1.807) is 12.3 Å². The van der Waals surface area contributed by atoms with Crippen LogP contribution in [0, 0.1) is 0 Å². The van der Waals surface area contributed by atoms with Crippen molar-refractivity contribution in [2.24, 2.45) is 0 Å². The van der Waals surface area contributed by atoms with Crippen molar-refractivity contribution in [3.63, 3.8) is 0 Å². The summed E-state index contributed by atoms with van der Waals surface area (Å²) in [5.74, 6) is 0.473. The Labute approximate surface area is 151 Å². The van der Waals surface area contributed by atoms with Crippen molar-refractivity contribution in [1.82, 2.24) is 24.7 Å². The van der Waals surface area contributed by atoms with Crippen molar-refractivity contribution in [3.8, 4) is 0 Å². The molecule has 0 radical (unpaired) electrons. The summed E-state index contributed by atoms with van der Waals surface area (Å²) in [6.07, 6.45) is 9.10. The van der Waals surface area contributed by atoms with Gasteiger partial charge in [-0.3, -0.25) is 19.4 Å². The fraction of sp³-hybridized carbons (Fsp3) is 0.368. The van der Waals surface area contributed by atoms with Crippen molar-refractivity contribution in [2.45, 2.75) is 45.2 Å². The molecular formula is C19H22N6O. The third kappa shape index (κ3) is 3.82. The summed E-state index contributed by atoms with van der Waals surface area (Å²) in [6.45, 7) is 1.26. The maximum Gasteiger partial charge on any atom is 0.252 e. The summed E-state index contributed by atoms with van der Waals surface area (Å²) in [6, 6.07) is 7.29. The van der Waals surface area contributed by atoms with Crippen LogP contribution in [0.2, 0.25) is 0 Å². The number of nitrogens with one attached hydrogen (secondary N) is 2. The number of hydrogen-bond acceptors (Lipinski definition) is 5. The Kier molecular flexibility index (Phi) is 4.77. The normalized spacial score (nSPS) is 13.4. The third-order valence-corrected chi connectivity index (χ3v) is 4.68. The number of hydrogen-bond donors (Lipinski definition) is 2. The van der Waals surface area contributed by atoms with Gasteiger partial charge in [0.2, 0.25) is 5.95 Å². The van der Waals surface area contributed by atoms with Crippen molar-refractivity contribution in [2.75, 3.05) is 5.32 Å². The minimum atomic E-state index is -0.152. The highest BCUT2D eigenvalue weighted by Gasteiger charge is 2.15. The molecule has 1 aliphatic rings. The summed E-state index contributed by atoms with van der Waals surface area (Å²) in [7, 11) is 0. The third-order valence-electron chi connectivity index (χ3n) is 4.68. The molecule has 3 aromatic heterocycles. The molecule has 0 amide bonds. The van der Waals surface area contributed by atoms with Crippen molar-refractivity contribution in [1.29, 1.82) is 0 Å². The fourth-order valence-corrected chi connectivity index (χ4v) is 3.37. The Hall–Kier alpha value is -2.96. The number of aryl methyl sites for hydroxylation is 3. The van der Waals surface area contributed by atoms with Gasteiger partial charge in [-0.2, -0.15) is 5.10 Å². The van der Waals surface area contributed by atoms with Gasteiger partial charge in [0, 0.05) is 30.9 Å². The highest BCUT2D eigenvalue weighted by Crippen LogP contribution is 2.20. The monoisotopic (exact) mass is 350 g/mol. The standard InChI is InChI=1S/C19H22N6O/c26-18-11-15(8-10-25-17-7-2-1-5-14(17)12-22-25)23-19(24-18)21-13-16-6-3-4-9-20-16/h3-4,6,9,11-12H,1-2,5,7-8,10,13H2,(H2,21,23,24,26). The van der Waals surface area contributed by atoms with Crippen LogP contribution in [0.25, 0.3) is 0 Å².